The fourth-order valence-electron chi connectivity index (χ4n) is 1.35. The van der Waals surface area contributed by atoms with Crippen LogP contribution >= 0.6 is 0 Å². The van der Waals surface area contributed by atoms with Crippen molar-refractivity contribution in [2.45, 2.75) is 13.3 Å². The summed E-state index contributed by atoms with van der Waals surface area (Å²) in [5, 5.41) is 0.935. The van der Waals surface area contributed by atoms with Crippen LogP contribution in [0.5, 0.6) is 0 Å². The summed E-state index contributed by atoms with van der Waals surface area (Å²) in [4.78, 5) is 6.59. The molecule has 0 saturated heterocycles. The summed E-state index contributed by atoms with van der Waals surface area (Å²) in [6, 6.07) is 1.46. The van der Waals surface area contributed by atoms with Gasteiger partial charge in [0.15, 0.2) is 0 Å². The lowest BCUT2D eigenvalue weighted by atomic mass is 10.2. The van der Waals surface area contributed by atoms with Gasteiger partial charge in [-0.15, -0.1) is 0 Å². The molecule has 2 rings (SSSR count). The Bertz CT molecular complexity index is 406. The van der Waals surface area contributed by atoms with E-state index < -0.39 is 5.95 Å². The Balaban J connectivity index is 2.75. The molecule has 0 saturated carbocycles. The molecule has 0 aromatic carbocycles. The molecule has 0 atom stereocenters. The van der Waals surface area contributed by atoms with E-state index >= 15 is 0 Å². The summed E-state index contributed by atoms with van der Waals surface area (Å²) in [7, 11) is 0. The van der Waals surface area contributed by atoms with Gasteiger partial charge in [0.1, 0.15) is 0 Å². The Hall–Kier alpha value is -1.38. The predicted octanol–water partition coefficient (Wildman–Crippen LogP) is 2.26. The zero-order valence-corrected chi connectivity index (χ0v) is 6.76. The lowest BCUT2D eigenvalue weighted by molar-refractivity contribution is 0.586. The average molecular weight is 164 g/mol. The first-order chi connectivity index (χ1) is 5.81. The number of pyridine rings is 1. The van der Waals surface area contributed by atoms with Crippen molar-refractivity contribution in [2.75, 3.05) is 0 Å². The van der Waals surface area contributed by atoms with Gasteiger partial charge in [0.2, 0.25) is 5.95 Å². The van der Waals surface area contributed by atoms with E-state index in [1.807, 2.05) is 13.1 Å². The Morgan fingerprint density at radius 2 is 2.42 bits per heavy atom. The van der Waals surface area contributed by atoms with Gasteiger partial charge in [-0.3, -0.25) is 0 Å². The molecule has 0 spiro atoms. The first-order valence-electron chi connectivity index (χ1n) is 3.92. The van der Waals surface area contributed by atoms with Crippen LogP contribution in [0, 0.1) is 5.95 Å². The number of hydrogen-bond donors (Lipinski definition) is 1. The number of aromatic amines is 1. The van der Waals surface area contributed by atoms with E-state index in [-0.39, 0.29) is 0 Å². The molecule has 0 radical (unpaired) electrons. The van der Waals surface area contributed by atoms with E-state index in [1.165, 1.54) is 12.3 Å². The standard InChI is InChI=1S/C9H9FN2/c1-2-6-4-11-8-5-12-9(10)3-7(6)8/h3-5,11H,2H2,1H3. The van der Waals surface area contributed by atoms with Crippen LogP contribution < -0.4 is 0 Å². The third-order valence-electron chi connectivity index (χ3n) is 2.00. The van der Waals surface area contributed by atoms with Crippen LogP contribution in [0.1, 0.15) is 12.5 Å². The van der Waals surface area contributed by atoms with Gasteiger partial charge in [-0.2, -0.15) is 4.39 Å². The normalized spacial score (nSPS) is 10.8. The zero-order valence-electron chi connectivity index (χ0n) is 6.76. The van der Waals surface area contributed by atoms with E-state index in [9.17, 15) is 4.39 Å². The second-order valence-electron chi connectivity index (χ2n) is 2.72. The fraction of sp³-hybridized carbons (Fsp3) is 0.222. The van der Waals surface area contributed by atoms with Gasteiger partial charge in [0, 0.05) is 17.6 Å². The molecular formula is C9H9FN2. The summed E-state index contributed by atoms with van der Waals surface area (Å²) < 4.78 is 12.7. The van der Waals surface area contributed by atoms with E-state index in [2.05, 4.69) is 9.97 Å². The Morgan fingerprint density at radius 1 is 1.58 bits per heavy atom. The Morgan fingerprint density at radius 3 is 3.17 bits per heavy atom. The number of halogens is 1. The van der Waals surface area contributed by atoms with Crippen LogP contribution in [0.15, 0.2) is 18.5 Å². The summed E-state index contributed by atoms with van der Waals surface area (Å²) in [6.45, 7) is 2.04. The molecule has 0 amide bonds. The van der Waals surface area contributed by atoms with Crippen molar-refractivity contribution in [3.8, 4) is 0 Å². The highest BCUT2D eigenvalue weighted by Crippen LogP contribution is 2.17. The van der Waals surface area contributed by atoms with Crippen LogP contribution in [0.4, 0.5) is 4.39 Å². The van der Waals surface area contributed by atoms with Gasteiger partial charge in [0.05, 0.1) is 11.7 Å². The quantitative estimate of drug-likeness (QED) is 0.643. The van der Waals surface area contributed by atoms with Crippen LogP contribution in [0.2, 0.25) is 0 Å². The summed E-state index contributed by atoms with van der Waals surface area (Å²) >= 11 is 0. The molecule has 2 aromatic heterocycles. The molecule has 12 heavy (non-hydrogen) atoms. The van der Waals surface area contributed by atoms with Gasteiger partial charge in [0.25, 0.3) is 0 Å². The number of fused-ring (bicyclic) bond motifs is 1. The number of rotatable bonds is 1. The van der Waals surface area contributed by atoms with Crippen molar-refractivity contribution in [3.63, 3.8) is 0 Å². The van der Waals surface area contributed by atoms with Gasteiger partial charge < -0.3 is 4.98 Å². The number of hydrogen-bond acceptors (Lipinski definition) is 1. The molecule has 1 N–H and O–H groups in total. The fourth-order valence-corrected chi connectivity index (χ4v) is 1.35. The van der Waals surface area contributed by atoms with Crippen molar-refractivity contribution >= 4 is 10.9 Å². The molecule has 2 aromatic rings. The molecular weight excluding hydrogens is 155 g/mol. The minimum atomic E-state index is -0.420. The zero-order chi connectivity index (χ0) is 8.55. The largest absolute Gasteiger partial charge is 0.360 e. The third-order valence-corrected chi connectivity index (χ3v) is 2.00. The highest BCUT2D eigenvalue weighted by Gasteiger charge is 2.02. The van der Waals surface area contributed by atoms with E-state index in [0.717, 1.165) is 22.9 Å². The monoisotopic (exact) mass is 164 g/mol. The summed E-state index contributed by atoms with van der Waals surface area (Å²) in [6.07, 6.45) is 4.32. The number of H-pyrrole nitrogens is 1. The van der Waals surface area contributed by atoms with E-state index in [0.29, 0.717) is 0 Å². The number of aromatic nitrogens is 2. The molecule has 0 aliphatic rings. The van der Waals surface area contributed by atoms with Gasteiger partial charge >= 0.3 is 0 Å². The van der Waals surface area contributed by atoms with E-state index in [1.54, 1.807) is 0 Å². The molecule has 0 fully saturated rings. The second-order valence-corrected chi connectivity index (χ2v) is 2.72. The van der Waals surface area contributed by atoms with Crippen molar-refractivity contribution in [3.05, 3.63) is 30.0 Å². The van der Waals surface area contributed by atoms with Crippen LogP contribution in [-0.2, 0) is 6.42 Å². The van der Waals surface area contributed by atoms with Crippen molar-refractivity contribution < 1.29 is 4.39 Å². The minimum absolute atomic E-state index is 0.420. The molecule has 0 bridgehead atoms. The lowest BCUT2D eigenvalue weighted by Crippen LogP contribution is -1.81. The van der Waals surface area contributed by atoms with Crippen LogP contribution in [0.25, 0.3) is 10.9 Å². The van der Waals surface area contributed by atoms with Crippen LogP contribution in [-0.4, -0.2) is 9.97 Å². The number of nitrogens with one attached hydrogen (secondary N) is 1. The van der Waals surface area contributed by atoms with Gasteiger partial charge in [-0.05, 0) is 12.0 Å². The second kappa shape index (κ2) is 2.59. The predicted molar refractivity (Wildman–Crippen MR) is 45.4 cm³/mol. The molecule has 0 unspecified atom stereocenters. The molecule has 0 aliphatic heterocycles. The first-order valence-corrected chi connectivity index (χ1v) is 3.92. The molecule has 62 valence electrons. The Labute approximate surface area is 69.4 Å². The highest BCUT2D eigenvalue weighted by molar-refractivity contribution is 5.82. The van der Waals surface area contributed by atoms with E-state index in [4.69, 9.17) is 0 Å². The van der Waals surface area contributed by atoms with Gasteiger partial charge in [-0.1, -0.05) is 6.92 Å². The Kier molecular flexibility index (Phi) is 1.57. The van der Waals surface area contributed by atoms with Crippen LogP contribution in [0.3, 0.4) is 0 Å². The SMILES string of the molecule is CCc1c[nH]c2cnc(F)cc12. The lowest BCUT2D eigenvalue weighted by Gasteiger charge is -1.92. The molecule has 2 nitrogen and oxygen atoms in total. The maximum Gasteiger partial charge on any atom is 0.213 e. The van der Waals surface area contributed by atoms with Crippen molar-refractivity contribution in [2.24, 2.45) is 0 Å². The highest BCUT2D eigenvalue weighted by atomic mass is 19.1. The number of aryl methyl sites for hydroxylation is 1. The third kappa shape index (κ3) is 0.978. The maximum atomic E-state index is 12.7. The summed E-state index contributed by atoms with van der Waals surface area (Å²) in [5.41, 5.74) is 2.03. The van der Waals surface area contributed by atoms with Gasteiger partial charge in [-0.25, -0.2) is 4.98 Å². The first kappa shape index (κ1) is 7.28. The smallest absolute Gasteiger partial charge is 0.213 e. The average Bonchev–Trinajstić information content (AvgIpc) is 2.46. The van der Waals surface area contributed by atoms with Crippen molar-refractivity contribution in [1.82, 2.24) is 9.97 Å². The minimum Gasteiger partial charge on any atom is -0.360 e. The molecule has 0 aliphatic carbocycles. The van der Waals surface area contributed by atoms with Crippen molar-refractivity contribution in [1.29, 1.82) is 0 Å². The maximum absolute atomic E-state index is 12.7. The topological polar surface area (TPSA) is 28.7 Å². The molecule has 2 heterocycles. The molecule has 3 heteroatoms. The summed E-state index contributed by atoms with van der Waals surface area (Å²) in [5.74, 6) is -0.420. The number of nitrogens with zero attached hydrogens (tertiary/aromatic N) is 1.